The van der Waals surface area contributed by atoms with Gasteiger partial charge in [-0.2, -0.15) is 35.5 Å². The van der Waals surface area contributed by atoms with Gasteiger partial charge in [-0.3, -0.25) is 18.5 Å². The van der Waals surface area contributed by atoms with Crippen LogP contribution in [0.4, 0.5) is 11.4 Å². The minimum absolute atomic E-state index is 0.0249. The molecular formula is C15H15N3O11S3. The lowest BCUT2D eigenvalue weighted by atomic mass is 10.2. The first kappa shape index (κ1) is 25.3. The van der Waals surface area contributed by atoms with Crippen molar-refractivity contribution in [1.82, 2.24) is 0 Å². The number of benzene rings is 2. The van der Waals surface area contributed by atoms with Gasteiger partial charge in [0, 0.05) is 12.6 Å². The summed E-state index contributed by atoms with van der Waals surface area (Å²) in [6.07, 6.45) is 0. The van der Waals surface area contributed by atoms with Gasteiger partial charge in [0.2, 0.25) is 0 Å². The van der Waals surface area contributed by atoms with Crippen LogP contribution < -0.4 is 10.1 Å². The Morgan fingerprint density at radius 2 is 1.44 bits per heavy atom. The summed E-state index contributed by atoms with van der Waals surface area (Å²) in [4.78, 5) is 7.55. The fraction of sp³-hybridized carbons (Fsp3) is 0.133. The number of hydrogen-bond donors (Lipinski definition) is 4. The number of hydrogen-bond acceptors (Lipinski definition) is 10. The van der Waals surface area contributed by atoms with Crippen LogP contribution >= 0.6 is 0 Å². The number of anilines is 1. The van der Waals surface area contributed by atoms with Crippen molar-refractivity contribution >= 4 is 47.6 Å². The van der Waals surface area contributed by atoms with Crippen LogP contribution in [0.2, 0.25) is 0 Å². The van der Waals surface area contributed by atoms with Gasteiger partial charge in [0.25, 0.3) is 36.3 Å². The van der Waals surface area contributed by atoms with E-state index in [-0.39, 0.29) is 17.1 Å². The zero-order valence-electron chi connectivity index (χ0n) is 16.1. The smallest absolute Gasteiger partial charge is 0.297 e. The molecule has 0 unspecified atom stereocenters. The van der Waals surface area contributed by atoms with Crippen LogP contribution in [0.15, 0.2) is 55.2 Å². The Kier molecular flexibility index (Phi) is 7.02. The molecule has 17 heteroatoms. The summed E-state index contributed by atoms with van der Waals surface area (Å²) >= 11 is 0. The Bertz CT molecular complexity index is 1380. The number of carbonyl (C=O) groups excluding carboxylic acids is 1. The Morgan fingerprint density at radius 1 is 0.906 bits per heavy atom. The highest BCUT2D eigenvalue weighted by molar-refractivity contribution is 7.90. The van der Waals surface area contributed by atoms with Crippen molar-refractivity contribution in [2.24, 2.45) is 10.2 Å². The summed E-state index contributed by atoms with van der Waals surface area (Å²) in [7, 11) is -14.0. The third-order valence-corrected chi connectivity index (χ3v) is 6.71. The lowest BCUT2D eigenvalue weighted by Gasteiger charge is -2.14. The quantitative estimate of drug-likeness (QED) is 0.308. The Morgan fingerprint density at radius 3 is 1.84 bits per heavy atom. The van der Waals surface area contributed by atoms with E-state index in [0.29, 0.717) is 12.1 Å². The van der Waals surface area contributed by atoms with Gasteiger partial charge in [-0.1, -0.05) is 0 Å². The minimum Gasteiger partial charge on any atom is -0.495 e. The lowest BCUT2D eigenvalue weighted by Crippen LogP contribution is -2.19. The third-order valence-electron chi connectivity index (χ3n) is 3.74. The van der Waals surface area contributed by atoms with Crippen LogP contribution in [0, 0.1) is 0 Å². The van der Waals surface area contributed by atoms with Gasteiger partial charge in [-0.15, -0.1) is 0 Å². The van der Waals surface area contributed by atoms with E-state index in [0.717, 1.165) is 0 Å². The van der Waals surface area contributed by atoms with Crippen LogP contribution in [0.1, 0.15) is 10.4 Å². The third kappa shape index (κ3) is 5.64. The zero-order chi connectivity index (χ0) is 24.5. The fourth-order valence-corrected chi connectivity index (χ4v) is 5.71. The molecule has 174 valence electrons. The molecule has 0 aliphatic rings. The molecule has 2 rings (SSSR count). The van der Waals surface area contributed by atoms with Gasteiger partial charge in [0.05, 0.1) is 18.5 Å². The Labute approximate surface area is 182 Å². The SMILES string of the molecule is CN=Nc1ccc(OC)c(NC(=O)c2cc(S(=O)(=O)O)c(S(=O)(=O)O)c(S(=O)(=O)O)c2)c1. The molecule has 0 aliphatic carbocycles. The summed E-state index contributed by atoms with van der Waals surface area (Å²) in [5.41, 5.74) is -0.576. The molecule has 0 saturated carbocycles. The Hall–Kier alpha value is -2.96. The number of nitrogens with zero attached hydrogens (tertiary/aromatic N) is 2. The average Bonchev–Trinajstić information content (AvgIpc) is 2.65. The monoisotopic (exact) mass is 509 g/mol. The fourth-order valence-electron chi connectivity index (χ4n) is 2.51. The molecular weight excluding hydrogens is 494 g/mol. The van der Waals surface area contributed by atoms with E-state index >= 15 is 0 Å². The highest BCUT2D eigenvalue weighted by atomic mass is 32.2. The van der Waals surface area contributed by atoms with Crippen molar-refractivity contribution in [3.05, 3.63) is 35.9 Å². The van der Waals surface area contributed by atoms with Gasteiger partial charge in [0.15, 0.2) is 0 Å². The second-order valence-electron chi connectivity index (χ2n) is 5.87. The molecule has 4 N–H and O–H groups in total. The second kappa shape index (κ2) is 8.88. The van der Waals surface area contributed by atoms with Crippen molar-refractivity contribution in [2.45, 2.75) is 14.7 Å². The molecule has 0 heterocycles. The van der Waals surface area contributed by atoms with Crippen LogP contribution in [0.5, 0.6) is 5.75 Å². The normalized spacial score (nSPS) is 12.7. The topological polar surface area (TPSA) is 226 Å². The summed E-state index contributed by atoms with van der Waals surface area (Å²) in [6, 6.07) is 4.77. The van der Waals surface area contributed by atoms with Gasteiger partial charge < -0.3 is 10.1 Å². The van der Waals surface area contributed by atoms with Gasteiger partial charge in [-0.05, 0) is 30.3 Å². The molecule has 1 amide bonds. The maximum absolute atomic E-state index is 12.7. The molecule has 0 atom stereocenters. The molecule has 0 radical (unpaired) electrons. The summed E-state index contributed by atoms with van der Waals surface area (Å²) in [5.74, 6) is -1.10. The molecule has 2 aromatic carbocycles. The molecule has 0 spiro atoms. The molecule has 0 aliphatic heterocycles. The maximum atomic E-state index is 12.7. The van der Waals surface area contributed by atoms with Crippen LogP contribution in [0.25, 0.3) is 0 Å². The van der Waals surface area contributed by atoms with Crippen LogP contribution in [0.3, 0.4) is 0 Å². The number of nitrogens with one attached hydrogen (secondary N) is 1. The molecule has 0 saturated heterocycles. The van der Waals surface area contributed by atoms with Crippen molar-refractivity contribution in [3.63, 3.8) is 0 Å². The van der Waals surface area contributed by atoms with Crippen molar-refractivity contribution in [1.29, 1.82) is 0 Å². The average molecular weight is 509 g/mol. The second-order valence-corrected chi connectivity index (χ2v) is 10.0. The molecule has 0 bridgehead atoms. The van der Waals surface area contributed by atoms with Gasteiger partial charge in [-0.25, -0.2) is 0 Å². The van der Waals surface area contributed by atoms with Gasteiger partial charge in [0.1, 0.15) is 20.4 Å². The van der Waals surface area contributed by atoms with Gasteiger partial charge >= 0.3 is 0 Å². The molecule has 0 fully saturated rings. The van der Waals surface area contributed by atoms with Crippen molar-refractivity contribution in [2.75, 3.05) is 19.5 Å². The highest BCUT2D eigenvalue weighted by Crippen LogP contribution is 2.32. The zero-order valence-corrected chi connectivity index (χ0v) is 18.6. The van der Waals surface area contributed by atoms with E-state index < -0.39 is 56.5 Å². The summed E-state index contributed by atoms with van der Waals surface area (Å²) in [5, 5.41) is 9.57. The maximum Gasteiger partial charge on any atom is 0.297 e. The number of amides is 1. The van der Waals surface area contributed by atoms with E-state index in [1.807, 2.05) is 0 Å². The summed E-state index contributed by atoms with van der Waals surface area (Å²) < 4.78 is 103. The number of methoxy groups -OCH3 is 1. The predicted molar refractivity (Wildman–Crippen MR) is 107 cm³/mol. The molecule has 0 aromatic heterocycles. The summed E-state index contributed by atoms with van der Waals surface area (Å²) in [6.45, 7) is 0. The first-order valence-corrected chi connectivity index (χ1v) is 12.3. The number of azo groups is 1. The molecule has 32 heavy (non-hydrogen) atoms. The van der Waals surface area contributed by atoms with E-state index in [2.05, 4.69) is 15.5 Å². The standard InChI is InChI=1S/C15H15N3O11S3/c1-16-18-9-3-4-11(29-2)10(7-9)17-15(19)8-5-12(30(20,21)22)14(32(26,27)28)13(6-8)31(23,24)25/h3-7H,1-2H3,(H,17,19)(H,20,21,22)(H,23,24,25)(H,26,27,28). The van der Waals surface area contributed by atoms with Crippen molar-refractivity contribution in [3.8, 4) is 5.75 Å². The van der Waals surface area contributed by atoms with Crippen LogP contribution in [-0.4, -0.2) is 59.0 Å². The minimum atomic E-state index is -5.61. The van der Waals surface area contributed by atoms with Crippen LogP contribution in [-0.2, 0) is 30.4 Å². The Balaban J connectivity index is 2.77. The number of rotatable bonds is 7. The van der Waals surface area contributed by atoms with Crippen molar-refractivity contribution < 1.29 is 48.4 Å². The first-order valence-electron chi connectivity index (χ1n) is 7.99. The van der Waals surface area contributed by atoms with E-state index in [4.69, 9.17) is 4.74 Å². The number of ether oxygens (including phenoxy) is 1. The number of carbonyl (C=O) groups is 1. The predicted octanol–water partition coefficient (Wildman–Crippen LogP) is 1.40. The van der Waals surface area contributed by atoms with E-state index in [1.54, 1.807) is 0 Å². The molecule has 14 nitrogen and oxygen atoms in total. The highest BCUT2D eigenvalue weighted by Gasteiger charge is 2.34. The van der Waals surface area contributed by atoms with E-state index in [9.17, 15) is 43.7 Å². The first-order chi connectivity index (χ1) is 14.6. The largest absolute Gasteiger partial charge is 0.495 e. The lowest BCUT2D eigenvalue weighted by molar-refractivity contribution is 0.102. The molecule has 2 aromatic rings. The van der Waals surface area contributed by atoms with E-state index in [1.165, 1.54) is 32.4 Å².